The maximum atomic E-state index is 15.2. The van der Waals surface area contributed by atoms with Gasteiger partial charge < -0.3 is 9.84 Å². The Morgan fingerprint density at radius 2 is 1.77 bits per heavy atom. The number of allylic oxidation sites excluding steroid dienone is 2. The van der Waals surface area contributed by atoms with E-state index in [1.807, 2.05) is 50.3 Å². The van der Waals surface area contributed by atoms with Crippen LogP contribution < -0.4 is 14.5 Å². The van der Waals surface area contributed by atoms with Crippen molar-refractivity contribution in [3.05, 3.63) is 105 Å². The van der Waals surface area contributed by atoms with Crippen LogP contribution in [0.25, 0.3) is 26.7 Å². The van der Waals surface area contributed by atoms with Crippen LogP contribution >= 0.6 is 38.9 Å². The molecule has 3 aromatic carbocycles. The normalized spacial score (nSPS) is 25.8. The smallest absolute Gasteiger partial charge is 0.242 e. The summed E-state index contributed by atoms with van der Waals surface area (Å²) in [7, 11) is 3.16. The van der Waals surface area contributed by atoms with Gasteiger partial charge in [0, 0.05) is 28.8 Å². The highest BCUT2D eigenvalue weighted by molar-refractivity contribution is 9.10. The van der Waals surface area contributed by atoms with Crippen LogP contribution in [0, 0.1) is 36.0 Å². The predicted octanol–water partition coefficient (Wildman–Crippen LogP) is 8.82. The molecule has 2 aromatic heterocycles. The molecule has 2 aliphatic heterocycles. The van der Waals surface area contributed by atoms with Crippen LogP contribution in [0.1, 0.15) is 42.4 Å². The zero-order valence-corrected chi connectivity index (χ0v) is 34.0. The fourth-order valence-corrected chi connectivity index (χ4v) is 11.5. The predicted molar refractivity (Wildman–Crippen MR) is 220 cm³/mol. The zero-order chi connectivity index (χ0) is 39.5. The monoisotopic (exact) mass is 850 g/mol. The first-order valence-electron chi connectivity index (χ1n) is 18.3. The number of hydrogen-bond acceptors (Lipinski definition) is 8. The van der Waals surface area contributed by atoms with E-state index in [-0.39, 0.29) is 29.7 Å². The van der Waals surface area contributed by atoms with E-state index >= 15 is 4.79 Å². The minimum Gasteiger partial charge on any atom is -0.503 e. The molecule has 4 heterocycles. The highest BCUT2D eigenvalue weighted by atomic mass is 79.9. The highest BCUT2D eigenvalue weighted by Crippen LogP contribution is 2.64. The number of aryl methyl sites for hydroxylation is 2. The lowest BCUT2D eigenvalue weighted by molar-refractivity contribution is -0.131. The summed E-state index contributed by atoms with van der Waals surface area (Å²) >= 11 is 11.4. The van der Waals surface area contributed by atoms with Crippen LogP contribution in [0.3, 0.4) is 0 Å². The Morgan fingerprint density at radius 1 is 1.02 bits per heavy atom. The first-order chi connectivity index (χ1) is 26.8. The number of thiophene rings is 1. The number of amides is 4. The number of fused-ring (bicyclic) bond motifs is 5. The number of rotatable bonds is 6. The molecule has 4 amide bonds. The van der Waals surface area contributed by atoms with E-state index in [1.165, 1.54) is 16.9 Å². The van der Waals surface area contributed by atoms with Gasteiger partial charge >= 0.3 is 0 Å². The number of benzene rings is 3. The van der Waals surface area contributed by atoms with E-state index in [1.54, 1.807) is 59.5 Å². The van der Waals surface area contributed by atoms with E-state index in [2.05, 4.69) is 22.5 Å². The second kappa shape index (κ2) is 13.0. The maximum absolute atomic E-state index is 15.2. The molecule has 5 aromatic rings. The highest BCUT2D eigenvalue weighted by Gasteiger charge is 2.68. The van der Waals surface area contributed by atoms with Crippen molar-refractivity contribution in [1.82, 2.24) is 9.78 Å². The van der Waals surface area contributed by atoms with Crippen molar-refractivity contribution in [2.45, 2.75) is 32.6 Å². The Kier molecular flexibility index (Phi) is 8.50. The molecule has 3 fully saturated rings. The average molecular weight is 852 g/mol. The Bertz CT molecular complexity index is 2610. The summed E-state index contributed by atoms with van der Waals surface area (Å²) in [5.41, 5.74) is 3.10. The van der Waals surface area contributed by atoms with E-state index in [0.29, 0.717) is 38.7 Å². The van der Waals surface area contributed by atoms with Crippen LogP contribution in [0.2, 0.25) is 5.02 Å². The summed E-state index contributed by atoms with van der Waals surface area (Å²) < 4.78 is 8.53. The first kappa shape index (κ1) is 36.6. The maximum Gasteiger partial charge on any atom is 0.242 e. The summed E-state index contributed by atoms with van der Waals surface area (Å²) in [6.45, 7) is 7.63. The standard InChI is InChI=1S/C43H36BrClN4O6S/c1-6-21-7-10-24(11-8-21)48-39(51)26-13-12-25-28(35(26)41(48)53)18-29-40(52)49(42(54)43(29,3)36(25)22-15-30(44)37(50)32(16-22)55-5)34-19-31(46-47(34)4)38-20(2)27-17-23(45)9-14-33(27)56-38/h6-12,14-17,19,26,28-29,35-36,50H,1,13,18H2,2-5H3. The number of aromatic nitrogens is 2. The van der Waals surface area contributed by atoms with Gasteiger partial charge in [0.2, 0.25) is 23.6 Å². The van der Waals surface area contributed by atoms with E-state index in [0.717, 1.165) is 31.7 Å². The Balaban J connectivity index is 1.16. The Morgan fingerprint density at radius 3 is 2.48 bits per heavy atom. The van der Waals surface area contributed by atoms with Gasteiger partial charge in [-0.25, -0.2) is 4.90 Å². The van der Waals surface area contributed by atoms with Crippen LogP contribution in [-0.4, -0.2) is 45.6 Å². The van der Waals surface area contributed by atoms with E-state index in [4.69, 9.17) is 21.4 Å². The van der Waals surface area contributed by atoms with Gasteiger partial charge in [-0.2, -0.15) is 5.10 Å². The van der Waals surface area contributed by atoms with Crippen molar-refractivity contribution >= 4 is 90.2 Å². The van der Waals surface area contributed by atoms with Crippen LogP contribution in [0.5, 0.6) is 11.5 Å². The van der Waals surface area contributed by atoms with Gasteiger partial charge in [-0.1, -0.05) is 48.0 Å². The van der Waals surface area contributed by atoms with Crippen molar-refractivity contribution in [2.75, 3.05) is 16.9 Å². The summed E-state index contributed by atoms with van der Waals surface area (Å²) in [6.07, 6.45) is 4.19. The van der Waals surface area contributed by atoms with Crippen molar-refractivity contribution in [3.63, 3.8) is 0 Å². The molecule has 0 spiro atoms. The number of ether oxygens (including phenoxy) is 1. The van der Waals surface area contributed by atoms with Crippen molar-refractivity contribution in [2.24, 2.45) is 36.1 Å². The van der Waals surface area contributed by atoms with Crippen LogP contribution in [0.15, 0.2) is 83.4 Å². The molecule has 0 radical (unpaired) electrons. The lowest BCUT2D eigenvalue weighted by Crippen LogP contribution is -2.49. The third-order valence-corrected chi connectivity index (χ3v) is 14.6. The van der Waals surface area contributed by atoms with Crippen molar-refractivity contribution in [1.29, 1.82) is 0 Å². The number of anilines is 2. The molecule has 56 heavy (non-hydrogen) atoms. The summed E-state index contributed by atoms with van der Waals surface area (Å²) in [6, 6.07) is 18.1. The number of halogens is 2. The van der Waals surface area contributed by atoms with Gasteiger partial charge in [-0.05, 0) is 113 Å². The van der Waals surface area contributed by atoms with Gasteiger partial charge in [0.05, 0.1) is 45.3 Å². The Hall–Kier alpha value is -5.04. The number of nitrogens with zero attached hydrogens (tertiary/aromatic N) is 4. The topological polar surface area (TPSA) is 122 Å². The van der Waals surface area contributed by atoms with Crippen molar-refractivity contribution in [3.8, 4) is 22.1 Å². The van der Waals surface area contributed by atoms with Crippen LogP contribution in [0.4, 0.5) is 11.5 Å². The van der Waals surface area contributed by atoms with Gasteiger partial charge in [-0.3, -0.25) is 28.8 Å². The third-order valence-electron chi connectivity index (χ3n) is 12.5. The molecule has 9 rings (SSSR count). The zero-order valence-electron chi connectivity index (χ0n) is 30.9. The second-order valence-electron chi connectivity index (χ2n) is 15.2. The van der Waals surface area contributed by atoms with Gasteiger partial charge in [0.15, 0.2) is 11.5 Å². The molecule has 0 bridgehead atoms. The van der Waals surface area contributed by atoms with E-state index < -0.39 is 46.8 Å². The summed E-state index contributed by atoms with van der Waals surface area (Å²) in [4.78, 5) is 62.2. The number of imide groups is 2. The fraction of sp³-hybridized carbons (Fsp3) is 0.279. The molecule has 10 nitrogen and oxygen atoms in total. The van der Waals surface area contributed by atoms with Crippen molar-refractivity contribution < 1.29 is 29.0 Å². The van der Waals surface area contributed by atoms with Gasteiger partial charge in [0.25, 0.3) is 0 Å². The lowest BCUT2D eigenvalue weighted by atomic mass is 9.51. The van der Waals surface area contributed by atoms with Gasteiger partial charge in [0.1, 0.15) is 11.5 Å². The molecular formula is C43H36BrClN4O6S. The first-order valence-corrected chi connectivity index (χ1v) is 20.2. The SMILES string of the molecule is C=Cc1ccc(N2C(=O)C3CC=C4C(CC5C(=O)N(c6cc(-c7sc8ccc(Cl)cc8c7C)nn6C)C(=O)C5(C)C4c4cc(Br)c(O)c(OC)c4)C3C2=O)cc1. The number of carbonyl (C=O) groups excluding carboxylic acids is 4. The number of phenolic OH excluding ortho intramolecular Hbond substituents is 1. The van der Waals surface area contributed by atoms with Gasteiger partial charge in [-0.15, -0.1) is 11.3 Å². The summed E-state index contributed by atoms with van der Waals surface area (Å²) in [5, 5.41) is 17.3. The largest absolute Gasteiger partial charge is 0.503 e. The third kappa shape index (κ3) is 5.08. The molecule has 2 saturated heterocycles. The molecule has 13 heteroatoms. The molecule has 4 aliphatic rings. The minimum absolute atomic E-state index is 0.102. The number of aromatic hydroxyl groups is 1. The number of phenols is 1. The number of hydrogen-bond donors (Lipinski definition) is 1. The second-order valence-corrected chi connectivity index (χ2v) is 17.6. The quantitative estimate of drug-likeness (QED) is 0.134. The van der Waals surface area contributed by atoms with Crippen LogP contribution in [-0.2, 0) is 26.2 Å². The molecule has 284 valence electrons. The molecule has 6 unspecified atom stereocenters. The lowest BCUT2D eigenvalue weighted by Gasteiger charge is -2.49. The molecule has 1 N–H and O–H groups in total. The molecule has 1 saturated carbocycles. The Labute approximate surface area is 340 Å². The molecular weight excluding hydrogens is 816 g/mol. The minimum atomic E-state index is -1.31. The van der Waals surface area contributed by atoms with E-state index in [9.17, 15) is 19.5 Å². The fourth-order valence-electron chi connectivity index (χ4n) is 9.76. The number of methoxy groups -OCH3 is 1. The molecule has 2 aliphatic carbocycles. The average Bonchev–Trinajstić information content (AvgIpc) is 3.86. The molecule has 6 atom stereocenters. The summed E-state index contributed by atoms with van der Waals surface area (Å²) in [5.74, 6) is -4.39. The number of carbonyl (C=O) groups is 4.